The van der Waals surface area contributed by atoms with Crippen LogP contribution in [0.25, 0.3) is 77.8 Å². The number of ether oxygens (including phenoxy) is 2. The Morgan fingerprint density at radius 3 is 1.78 bits per heavy atom. The molecule has 2 aromatic heterocycles. The molecule has 1 aliphatic rings. The van der Waals surface area contributed by atoms with Crippen LogP contribution in [-0.4, -0.2) is 11.8 Å². The molecule has 0 saturated carbocycles. The van der Waals surface area contributed by atoms with E-state index in [9.17, 15) is 0 Å². The zero-order chi connectivity index (χ0) is 30.5. The van der Waals surface area contributed by atoms with Crippen LogP contribution in [0.3, 0.4) is 0 Å². The third kappa shape index (κ3) is 4.59. The van der Waals surface area contributed by atoms with E-state index in [2.05, 4.69) is 91.0 Å². The van der Waals surface area contributed by atoms with Crippen LogP contribution in [0.1, 0.15) is 0 Å². The second-order valence-electron chi connectivity index (χ2n) is 11.5. The van der Waals surface area contributed by atoms with Gasteiger partial charge in [-0.25, -0.2) is 4.98 Å². The molecule has 8 aromatic rings. The zero-order valence-electron chi connectivity index (χ0n) is 24.8. The van der Waals surface area contributed by atoms with Crippen LogP contribution in [0.2, 0.25) is 0 Å². The number of aromatic nitrogens is 1. The summed E-state index contributed by atoms with van der Waals surface area (Å²) >= 11 is 0. The Morgan fingerprint density at radius 1 is 0.391 bits per heavy atom. The highest BCUT2D eigenvalue weighted by Gasteiger charge is 2.19. The minimum Gasteiger partial charge on any atom is -0.457 e. The van der Waals surface area contributed by atoms with Crippen LogP contribution in [-0.2, 0) is 0 Å². The normalized spacial score (nSPS) is 12.2. The molecule has 4 nitrogen and oxygen atoms in total. The predicted octanol–water partition coefficient (Wildman–Crippen LogP) is 11.0. The van der Waals surface area contributed by atoms with Gasteiger partial charge in [-0.2, -0.15) is 0 Å². The van der Waals surface area contributed by atoms with Crippen LogP contribution >= 0.6 is 0 Å². The maximum atomic E-state index is 6.17. The van der Waals surface area contributed by atoms with Crippen molar-refractivity contribution < 1.29 is 13.9 Å². The van der Waals surface area contributed by atoms with Gasteiger partial charge in [-0.15, -0.1) is 0 Å². The smallest absolute Gasteiger partial charge is 0.230 e. The minimum absolute atomic E-state index is 0.136. The summed E-state index contributed by atoms with van der Waals surface area (Å²) in [5.41, 5.74) is 12.0. The number of pyridine rings is 1. The number of benzene rings is 6. The van der Waals surface area contributed by atoms with E-state index in [0.717, 1.165) is 89.3 Å². The fraction of sp³-hybridized carbons (Fsp3) is 0.0238. The lowest BCUT2D eigenvalue weighted by Gasteiger charge is -2.13. The van der Waals surface area contributed by atoms with Crippen molar-refractivity contribution in [2.24, 2.45) is 0 Å². The standard InChI is InChI=1S/C42H27NO3/c1-3-9-27(10-4-1)37-22-32(23-38(43-37)28-11-5-2-6-12-28)29-17-20-39-36(21-29)35-19-16-30(24-41(35)45-26-44-39)31-15-18-34-33-13-7-8-14-40(33)46-42(34)25-31/h1-25H,26H2. The maximum absolute atomic E-state index is 6.17. The Bertz CT molecular complexity index is 2340. The molecule has 0 saturated heterocycles. The molecule has 0 fully saturated rings. The lowest BCUT2D eigenvalue weighted by Crippen LogP contribution is -2.03. The Labute approximate surface area is 266 Å². The average molecular weight is 594 g/mol. The quantitative estimate of drug-likeness (QED) is 0.204. The third-order valence-electron chi connectivity index (χ3n) is 8.69. The molecular weight excluding hydrogens is 566 g/mol. The van der Waals surface area contributed by atoms with Gasteiger partial charge in [0.25, 0.3) is 0 Å². The number of rotatable bonds is 4. The highest BCUT2D eigenvalue weighted by molar-refractivity contribution is 6.06. The number of fused-ring (bicyclic) bond motifs is 6. The van der Waals surface area contributed by atoms with Crippen molar-refractivity contribution in [2.75, 3.05) is 6.79 Å². The number of hydrogen-bond donors (Lipinski definition) is 0. The predicted molar refractivity (Wildman–Crippen MR) is 185 cm³/mol. The summed E-state index contributed by atoms with van der Waals surface area (Å²) in [6, 6.07) is 52.2. The van der Waals surface area contributed by atoms with Gasteiger partial charge in [0.2, 0.25) is 6.79 Å². The molecular formula is C42H27NO3. The van der Waals surface area contributed by atoms with Crippen LogP contribution in [0.5, 0.6) is 11.5 Å². The highest BCUT2D eigenvalue weighted by Crippen LogP contribution is 2.44. The maximum Gasteiger partial charge on any atom is 0.230 e. The Kier molecular flexibility index (Phi) is 6.17. The van der Waals surface area contributed by atoms with Crippen molar-refractivity contribution in [3.05, 3.63) is 152 Å². The molecule has 0 atom stereocenters. The van der Waals surface area contributed by atoms with Gasteiger partial charge in [-0.05, 0) is 76.9 Å². The number of furan rings is 1. The topological polar surface area (TPSA) is 44.5 Å². The fourth-order valence-electron chi connectivity index (χ4n) is 6.36. The van der Waals surface area contributed by atoms with Gasteiger partial charge in [0.1, 0.15) is 22.7 Å². The Morgan fingerprint density at radius 2 is 1.00 bits per heavy atom. The van der Waals surface area contributed by atoms with E-state index < -0.39 is 0 Å². The molecule has 0 amide bonds. The van der Waals surface area contributed by atoms with E-state index in [0.29, 0.717) is 0 Å². The van der Waals surface area contributed by atoms with Gasteiger partial charge in [0.15, 0.2) is 0 Å². The first-order valence-electron chi connectivity index (χ1n) is 15.4. The van der Waals surface area contributed by atoms with Gasteiger partial charge < -0.3 is 13.9 Å². The molecule has 0 spiro atoms. The van der Waals surface area contributed by atoms with Gasteiger partial charge >= 0.3 is 0 Å². The monoisotopic (exact) mass is 593 g/mol. The van der Waals surface area contributed by atoms with E-state index >= 15 is 0 Å². The SMILES string of the molecule is c1ccc(-c2cc(-c3ccc4c(c3)-c3ccc(-c5ccc6c(c5)oc5ccccc56)cc3OCO4)cc(-c3ccccc3)n2)cc1. The zero-order valence-corrected chi connectivity index (χ0v) is 24.8. The number of nitrogens with zero attached hydrogens (tertiary/aromatic N) is 1. The van der Waals surface area contributed by atoms with E-state index in [-0.39, 0.29) is 6.79 Å². The van der Waals surface area contributed by atoms with Gasteiger partial charge in [0.05, 0.1) is 11.4 Å². The Hall–Kier alpha value is -6.13. The molecule has 3 heterocycles. The van der Waals surface area contributed by atoms with Gasteiger partial charge in [0, 0.05) is 33.0 Å². The van der Waals surface area contributed by atoms with Crippen molar-refractivity contribution in [3.8, 4) is 67.4 Å². The van der Waals surface area contributed by atoms with Crippen molar-refractivity contribution >= 4 is 21.9 Å². The molecule has 0 bridgehead atoms. The lowest BCUT2D eigenvalue weighted by molar-refractivity contribution is 0.125. The number of hydrogen-bond acceptors (Lipinski definition) is 4. The first kappa shape index (κ1) is 26.3. The molecule has 9 rings (SSSR count). The molecule has 0 N–H and O–H groups in total. The highest BCUT2D eigenvalue weighted by atomic mass is 16.7. The molecule has 0 unspecified atom stereocenters. The fourth-order valence-corrected chi connectivity index (χ4v) is 6.36. The van der Waals surface area contributed by atoms with E-state index in [1.54, 1.807) is 0 Å². The summed E-state index contributed by atoms with van der Waals surface area (Å²) in [6.07, 6.45) is 0. The summed E-state index contributed by atoms with van der Waals surface area (Å²) in [7, 11) is 0. The van der Waals surface area contributed by atoms with Crippen molar-refractivity contribution in [3.63, 3.8) is 0 Å². The summed E-state index contributed by atoms with van der Waals surface area (Å²) in [5, 5.41) is 2.24. The second-order valence-corrected chi connectivity index (χ2v) is 11.5. The molecule has 6 aromatic carbocycles. The summed E-state index contributed by atoms with van der Waals surface area (Å²) in [5.74, 6) is 1.57. The van der Waals surface area contributed by atoms with E-state index in [4.69, 9.17) is 18.9 Å². The Balaban J connectivity index is 1.14. The summed E-state index contributed by atoms with van der Waals surface area (Å²) in [6.45, 7) is 0.136. The molecule has 46 heavy (non-hydrogen) atoms. The second kappa shape index (κ2) is 10.8. The van der Waals surface area contributed by atoms with Crippen molar-refractivity contribution in [1.29, 1.82) is 0 Å². The molecule has 1 aliphatic heterocycles. The number of para-hydroxylation sites is 1. The van der Waals surface area contributed by atoms with E-state index in [1.165, 1.54) is 0 Å². The van der Waals surface area contributed by atoms with Crippen molar-refractivity contribution in [1.82, 2.24) is 4.98 Å². The molecule has 0 aliphatic carbocycles. The van der Waals surface area contributed by atoms with Crippen LogP contribution in [0.15, 0.2) is 156 Å². The van der Waals surface area contributed by atoms with E-state index in [1.807, 2.05) is 60.7 Å². The average Bonchev–Trinajstić information content (AvgIpc) is 3.40. The molecule has 4 heteroatoms. The minimum atomic E-state index is 0.136. The van der Waals surface area contributed by atoms with Crippen LogP contribution in [0.4, 0.5) is 0 Å². The third-order valence-corrected chi connectivity index (χ3v) is 8.69. The summed E-state index contributed by atoms with van der Waals surface area (Å²) in [4.78, 5) is 5.06. The van der Waals surface area contributed by atoms with Gasteiger partial charge in [-0.1, -0.05) is 97.1 Å². The van der Waals surface area contributed by atoms with Crippen LogP contribution < -0.4 is 9.47 Å². The lowest BCUT2D eigenvalue weighted by atomic mass is 9.94. The largest absolute Gasteiger partial charge is 0.457 e. The van der Waals surface area contributed by atoms with Crippen LogP contribution in [0, 0.1) is 0 Å². The first-order chi connectivity index (χ1) is 22.8. The first-order valence-corrected chi connectivity index (χ1v) is 15.4. The van der Waals surface area contributed by atoms with Gasteiger partial charge in [-0.3, -0.25) is 0 Å². The molecule has 218 valence electrons. The molecule has 0 radical (unpaired) electrons. The summed E-state index contributed by atoms with van der Waals surface area (Å²) < 4.78 is 18.4. The van der Waals surface area contributed by atoms with Crippen molar-refractivity contribution in [2.45, 2.75) is 0 Å².